The first-order valence-electron chi connectivity index (χ1n) is 5.55. The van der Waals surface area contributed by atoms with Gasteiger partial charge in [0.2, 0.25) is 10.0 Å². The molecule has 102 valence electrons. The van der Waals surface area contributed by atoms with Crippen molar-refractivity contribution < 1.29 is 17.9 Å². The maximum atomic E-state index is 13.6. The van der Waals surface area contributed by atoms with Crippen molar-refractivity contribution in [2.75, 3.05) is 6.54 Å². The van der Waals surface area contributed by atoms with Crippen LogP contribution in [0.2, 0.25) is 0 Å². The Labute approximate surface area is 107 Å². The van der Waals surface area contributed by atoms with Crippen molar-refractivity contribution >= 4 is 10.0 Å². The number of halogens is 1. The van der Waals surface area contributed by atoms with Gasteiger partial charge in [0.05, 0.1) is 6.61 Å². The van der Waals surface area contributed by atoms with E-state index in [4.69, 9.17) is 5.11 Å². The average molecular weight is 275 g/mol. The number of aliphatic hydroxyl groups is 1. The largest absolute Gasteiger partial charge is 0.392 e. The summed E-state index contributed by atoms with van der Waals surface area (Å²) in [7, 11) is -3.86. The molecule has 0 amide bonds. The predicted molar refractivity (Wildman–Crippen MR) is 67.0 cm³/mol. The molecule has 0 aliphatic rings. The summed E-state index contributed by atoms with van der Waals surface area (Å²) in [6.45, 7) is 5.52. The lowest BCUT2D eigenvalue weighted by Gasteiger charge is -2.19. The van der Waals surface area contributed by atoms with E-state index in [9.17, 15) is 12.8 Å². The molecule has 0 heterocycles. The van der Waals surface area contributed by atoms with Gasteiger partial charge in [0.1, 0.15) is 10.7 Å². The fourth-order valence-corrected chi connectivity index (χ4v) is 2.59. The third-order valence-electron chi connectivity index (χ3n) is 2.26. The smallest absolute Gasteiger partial charge is 0.243 e. The maximum absolute atomic E-state index is 13.6. The van der Waals surface area contributed by atoms with Gasteiger partial charge >= 0.3 is 0 Å². The van der Waals surface area contributed by atoms with Gasteiger partial charge in [0.25, 0.3) is 0 Å². The van der Waals surface area contributed by atoms with Crippen molar-refractivity contribution in [1.29, 1.82) is 0 Å². The van der Waals surface area contributed by atoms with Crippen LogP contribution in [-0.4, -0.2) is 20.1 Å². The van der Waals surface area contributed by atoms with Crippen molar-refractivity contribution in [2.24, 2.45) is 5.41 Å². The van der Waals surface area contributed by atoms with Gasteiger partial charge in [0, 0.05) is 6.54 Å². The number of rotatable bonds is 4. The minimum atomic E-state index is -3.86. The SMILES string of the molecule is CC(C)(C)CNS(=O)(=O)c1ccc(CO)cc1F. The summed E-state index contributed by atoms with van der Waals surface area (Å²) >= 11 is 0. The normalized spacial score (nSPS) is 12.7. The summed E-state index contributed by atoms with van der Waals surface area (Å²) in [5.74, 6) is -0.858. The topological polar surface area (TPSA) is 66.4 Å². The fraction of sp³-hybridized carbons (Fsp3) is 0.500. The van der Waals surface area contributed by atoms with Crippen molar-refractivity contribution in [1.82, 2.24) is 4.72 Å². The molecule has 18 heavy (non-hydrogen) atoms. The summed E-state index contributed by atoms with van der Waals surface area (Å²) in [4.78, 5) is -0.399. The first-order chi connectivity index (χ1) is 8.15. The minimum Gasteiger partial charge on any atom is -0.392 e. The summed E-state index contributed by atoms with van der Waals surface area (Å²) in [5, 5.41) is 8.83. The van der Waals surface area contributed by atoms with Gasteiger partial charge in [-0.3, -0.25) is 0 Å². The van der Waals surface area contributed by atoms with E-state index in [2.05, 4.69) is 4.72 Å². The number of aliphatic hydroxyl groups excluding tert-OH is 1. The van der Waals surface area contributed by atoms with Gasteiger partial charge in [-0.15, -0.1) is 0 Å². The highest BCUT2D eigenvalue weighted by atomic mass is 32.2. The van der Waals surface area contributed by atoms with E-state index >= 15 is 0 Å². The van der Waals surface area contributed by atoms with E-state index in [0.717, 1.165) is 12.1 Å². The molecule has 0 unspecified atom stereocenters. The Kier molecular flexibility index (Phi) is 4.47. The van der Waals surface area contributed by atoms with Crippen LogP contribution in [-0.2, 0) is 16.6 Å². The van der Waals surface area contributed by atoms with Crippen LogP contribution in [0, 0.1) is 11.2 Å². The third kappa shape index (κ3) is 4.04. The Hall–Kier alpha value is -0.980. The summed E-state index contributed by atoms with van der Waals surface area (Å²) in [5.41, 5.74) is 0.108. The number of nitrogens with one attached hydrogen (secondary N) is 1. The fourth-order valence-electron chi connectivity index (χ4n) is 1.25. The quantitative estimate of drug-likeness (QED) is 0.878. The Morgan fingerprint density at radius 3 is 2.39 bits per heavy atom. The van der Waals surface area contributed by atoms with Gasteiger partial charge in [0.15, 0.2) is 0 Å². The third-order valence-corrected chi connectivity index (χ3v) is 3.70. The van der Waals surface area contributed by atoms with Crippen LogP contribution >= 0.6 is 0 Å². The second-order valence-electron chi connectivity index (χ2n) is 5.31. The number of hydrogen-bond acceptors (Lipinski definition) is 3. The second kappa shape index (κ2) is 5.34. The molecule has 4 nitrogen and oxygen atoms in total. The van der Waals surface area contributed by atoms with Gasteiger partial charge in [-0.2, -0.15) is 0 Å². The lowest BCUT2D eigenvalue weighted by molar-refractivity contribution is 0.281. The molecule has 6 heteroatoms. The molecular formula is C12H18FNO3S. The predicted octanol–water partition coefficient (Wildman–Crippen LogP) is 1.64. The van der Waals surface area contributed by atoms with Crippen molar-refractivity contribution in [3.05, 3.63) is 29.6 Å². The molecule has 1 aromatic carbocycles. The van der Waals surface area contributed by atoms with Crippen LogP contribution in [0.15, 0.2) is 23.1 Å². The molecule has 1 aromatic rings. The molecule has 0 radical (unpaired) electrons. The van der Waals surface area contributed by atoms with Crippen LogP contribution < -0.4 is 4.72 Å². The Bertz CT molecular complexity index is 521. The van der Waals surface area contributed by atoms with E-state index in [1.807, 2.05) is 20.8 Å². The average Bonchev–Trinajstić information content (AvgIpc) is 2.25. The molecule has 0 saturated heterocycles. The molecular weight excluding hydrogens is 257 g/mol. The molecule has 0 aliphatic heterocycles. The molecule has 0 aromatic heterocycles. The molecule has 0 aliphatic carbocycles. The Morgan fingerprint density at radius 2 is 1.94 bits per heavy atom. The van der Waals surface area contributed by atoms with E-state index < -0.39 is 20.7 Å². The summed E-state index contributed by atoms with van der Waals surface area (Å²) in [6, 6.07) is 3.56. The molecule has 1 rings (SSSR count). The zero-order chi connectivity index (χ0) is 14.0. The summed E-state index contributed by atoms with van der Waals surface area (Å²) < 4.78 is 39.8. The van der Waals surface area contributed by atoms with E-state index in [-0.39, 0.29) is 18.6 Å². The highest BCUT2D eigenvalue weighted by Crippen LogP contribution is 2.18. The first-order valence-corrected chi connectivity index (χ1v) is 7.03. The lowest BCUT2D eigenvalue weighted by Crippen LogP contribution is -2.32. The number of sulfonamides is 1. The first kappa shape index (κ1) is 15.1. The van der Waals surface area contributed by atoms with E-state index in [1.165, 1.54) is 6.07 Å². The minimum absolute atomic E-state index is 0.219. The molecule has 0 spiro atoms. The van der Waals surface area contributed by atoms with Crippen LogP contribution in [0.3, 0.4) is 0 Å². The Balaban J connectivity index is 2.99. The van der Waals surface area contributed by atoms with Gasteiger partial charge < -0.3 is 5.11 Å². The maximum Gasteiger partial charge on any atom is 0.243 e. The van der Waals surface area contributed by atoms with Crippen LogP contribution in [0.5, 0.6) is 0 Å². The standard InChI is InChI=1S/C12H18FNO3S/c1-12(2,3)8-14-18(16,17)11-5-4-9(7-15)6-10(11)13/h4-6,14-15H,7-8H2,1-3H3. The van der Waals surface area contributed by atoms with Crippen LogP contribution in [0.4, 0.5) is 4.39 Å². The zero-order valence-electron chi connectivity index (χ0n) is 10.7. The Morgan fingerprint density at radius 1 is 1.33 bits per heavy atom. The van der Waals surface area contributed by atoms with Crippen LogP contribution in [0.1, 0.15) is 26.3 Å². The van der Waals surface area contributed by atoms with Crippen LogP contribution in [0.25, 0.3) is 0 Å². The lowest BCUT2D eigenvalue weighted by atomic mass is 9.98. The molecule has 0 atom stereocenters. The highest BCUT2D eigenvalue weighted by Gasteiger charge is 2.21. The van der Waals surface area contributed by atoms with E-state index in [1.54, 1.807) is 0 Å². The van der Waals surface area contributed by atoms with Gasteiger partial charge in [-0.05, 0) is 23.1 Å². The number of hydrogen-bond donors (Lipinski definition) is 2. The molecule has 2 N–H and O–H groups in total. The highest BCUT2D eigenvalue weighted by molar-refractivity contribution is 7.89. The summed E-state index contributed by atoms with van der Waals surface area (Å²) in [6.07, 6.45) is 0. The second-order valence-corrected chi connectivity index (χ2v) is 7.04. The van der Waals surface area contributed by atoms with Crippen molar-refractivity contribution in [3.63, 3.8) is 0 Å². The van der Waals surface area contributed by atoms with Crippen molar-refractivity contribution in [2.45, 2.75) is 32.3 Å². The molecule has 0 fully saturated rings. The zero-order valence-corrected chi connectivity index (χ0v) is 11.5. The van der Waals surface area contributed by atoms with Gasteiger partial charge in [-0.1, -0.05) is 26.8 Å². The van der Waals surface area contributed by atoms with E-state index in [0.29, 0.717) is 5.56 Å². The monoisotopic (exact) mass is 275 g/mol. The molecule has 0 bridgehead atoms. The number of benzene rings is 1. The van der Waals surface area contributed by atoms with Crippen molar-refractivity contribution in [3.8, 4) is 0 Å². The molecule has 0 saturated carbocycles. The van der Waals surface area contributed by atoms with Gasteiger partial charge in [-0.25, -0.2) is 17.5 Å².